The van der Waals surface area contributed by atoms with E-state index in [4.69, 9.17) is 5.26 Å². The van der Waals surface area contributed by atoms with E-state index < -0.39 is 0 Å². The van der Waals surface area contributed by atoms with Gasteiger partial charge >= 0.3 is 0 Å². The third-order valence-electron chi connectivity index (χ3n) is 2.34. The van der Waals surface area contributed by atoms with Crippen molar-refractivity contribution in [3.8, 4) is 6.07 Å². The van der Waals surface area contributed by atoms with Crippen LogP contribution < -0.4 is 5.32 Å². The standard InChI is InChI=1S/C11H12N6/c1-17-5-4-14-11(17)2-3-13-10-8-15-9(6-12)7-16-10/h4-5,7-8H,2-3H2,1H3,(H,13,16). The Balaban J connectivity index is 1.86. The average molecular weight is 228 g/mol. The van der Waals surface area contributed by atoms with Crippen molar-refractivity contribution in [2.75, 3.05) is 11.9 Å². The number of aryl methyl sites for hydroxylation is 1. The van der Waals surface area contributed by atoms with Crippen LogP contribution in [0.15, 0.2) is 24.8 Å². The molecule has 0 saturated carbocycles. The molecule has 0 amide bonds. The van der Waals surface area contributed by atoms with Gasteiger partial charge in [-0.3, -0.25) is 0 Å². The maximum absolute atomic E-state index is 8.58. The molecule has 0 bridgehead atoms. The van der Waals surface area contributed by atoms with Crippen LogP contribution in [0.2, 0.25) is 0 Å². The molecule has 6 nitrogen and oxygen atoms in total. The van der Waals surface area contributed by atoms with E-state index in [-0.39, 0.29) is 0 Å². The van der Waals surface area contributed by atoms with Crippen LogP contribution in [-0.4, -0.2) is 26.1 Å². The average Bonchev–Trinajstić information content (AvgIpc) is 2.76. The first-order chi connectivity index (χ1) is 8.29. The molecule has 0 spiro atoms. The van der Waals surface area contributed by atoms with Crippen LogP contribution in [0.25, 0.3) is 0 Å². The molecule has 0 atom stereocenters. The lowest BCUT2D eigenvalue weighted by atomic mass is 10.4. The summed E-state index contributed by atoms with van der Waals surface area (Å²) in [7, 11) is 1.96. The molecule has 0 fully saturated rings. The molecule has 2 rings (SSSR count). The van der Waals surface area contributed by atoms with Gasteiger partial charge in [0.1, 0.15) is 17.7 Å². The van der Waals surface area contributed by atoms with Gasteiger partial charge in [-0.15, -0.1) is 0 Å². The highest BCUT2D eigenvalue weighted by Gasteiger charge is 1.99. The zero-order chi connectivity index (χ0) is 12.1. The molecule has 0 radical (unpaired) electrons. The molecule has 2 aromatic rings. The molecule has 0 saturated heterocycles. The Morgan fingerprint density at radius 3 is 2.82 bits per heavy atom. The summed E-state index contributed by atoms with van der Waals surface area (Å²) in [6.45, 7) is 0.728. The van der Waals surface area contributed by atoms with E-state index in [2.05, 4.69) is 20.3 Å². The second-order valence-electron chi connectivity index (χ2n) is 3.53. The Kier molecular flexibility index (Phi) is 3.31. The van der Waals surface area contributed by atoms with Gasteiger partial charge in [-0.05, 0) is 0 Å². The fraction of sp³-hybridized carbons (Fsp3) is 0.273. The maximum atomic E-state index is 8.58. The van der Waals surface area contributed by atoms with E-state index in [1.54, 1.807) is 12.4 Å². The van der Waals surface area contributed by atoms with Crippen LogP contribution in [0.5, 0.6) is 0 Å². The van der Waals surface area contributed by atoms with Crippen LogP contribution in [0.1, 0.15) is 11.5 Å². The fourth-order valence-electron chi connectivity index (χ4n) is 1.42. The Hall–Kier alpha value is -2.42. The number of imidazole rings is 1. The van der Waals surface area contributed by atoms with E-state index in [1.807, 2.05) is 23.9 Å². The minimum atomic E-state index is 0.319. The van der Waals surface area contributed by atoms with E-state index in [9.17, 15) is 0 Å². The summed E-state index contributed by atoms with van der Waals surface area (Å²) in [5.41, 5.74) is 0.319. The lowest BCUT2D eigenvalue weighted by Gasteiger charge is -2.04. The van der Waals surface area contributed by atoms with Gasteiger partial charge in [0.25, 0.3) is 0 Å². The molecule has 6 heteroatoms. The third-order valence-corrected chi connectivity index (χ3v) is 2.34. The molecule has 0 aromatic carbocycles. The minimum absolute atomic E-state index is 0.319. The van der Waals surface area contributed by atoms with Crippen LogP contribution >= 0.6 is 0 Å². The van der Waals surface area contributed by atoms with E-state index in [0.29, 0.717) is 11.5 Å². The van der Waals surface area contributed by atoms with E-state index >= 15 is 0 Å². The zero-order valence-corrected chi connectivity index (χ0v) is 9.46. The molecule has 0 aliphatic heterocycles. The van der Waals surface area contributed by atoms with Crippen LogP contribution in [0.3, 0.4) is 0 Å². The van der Waals surface area contributed by atoms with Crippen molar-refractivity contribution >= 4 is 5.82 Å². The smallest absolute Gasteiger partial charge is 0.158 e. The first-order valence-corrected chi connectivity index (χ1v) is 5.22. The number of nitrogens with one attached hydrogen (secondary N) is 1. The summed E-state index contributed by atoms with van der Waals surface area (Å²) in [6, 6.07) is 1.93. The van der Waals surface area contributed by atoms with Crippen LogP contribution in [0, 0.1) is 11.3 Å². The Bertz CT molecular complexity index is 522. The highest BCUT2D eigenvalue weighted by atomic mass is 15.0. The highest BCUT2D eigenvalue weighted by Crippen LogP contribution is 2.01. The van der Waals surface area contributed by atoms with Crippen molar-refractivity contribution in [3.63, 3.8) is 0 Å². The number of nitrogens with zero attached hydrogens (tertiary/aromatic N) is 5. The van der Waals surface area contributed by atoms with Gasteiger partial charge in [0.15, 0.2) is 5.69 Å². The maximum Gasteiger partial charge on any atom is 0.158 e. The van der Waals surface area contributed by atoms with E-state index in [1.165, 1.54) is 6.20 Å². The Morgan fingerprint density at radius 1 is 1.35 bits per heavy atom. The first-order valence-electron chi connectivity index (χ1n) is 5.22. The highest BCUT2D eigenvalue weighted by molar-refractivity contribution is 5.33. The summed E-state index contributed by atoms with van der Waals surface area (Å²) in [6.07, 6.45) is 7.50. The third kappa shape index (κ3) is 2.78. The van der Waals surface area contributed by atoms with Crippen LogP contribution in [0.4, 0.5) is 5.82 Å². The van der Waals surface area contributed by atoms with Crippen molar-refractivity contribution in [2.24, 2.45) is 7.05 Å². The number of hydrogen-bond donors (Lipinski definition) is 1. The molecule has 0 aliphatic carbocycles. The minimum Gasteiger partial charge on any atom is -0.368 e. The van der Waals surface area contributed by atoms with Crippen molar-refractivity contribution in [1.29, 1.82) is 5.26 Å². The topological polar surface area (TPSA) is 79.4 Å². The molecule has 86 valence electrons. The Labute approximate surface area is 99.0 Å². The van der Waals surface area contributed by atoms with Gasteiger partial charge < -0.3 is 9.88 Å². The molecule has 2 heterocycles. The largest absolute Gasteiger partial charge is 0.368 e. The Morgan fingerprint density at radius 2 is 2.24 bits per heavy atom. The quantitative estimate of drug-likeness (QED) is 0.834. The van der Waals surface area contributed by atoms with Crippen LogP contribution in [-0.2, 0) is 13.5 Å². The second-order valence-corrected chi connectivity index (χ2v) is 3.53. The molecule has 0 unspecified atom stereocenters. The SMILES string of the molecule is Cn1ccnc1CCNc1cnc(C#N)cn1. The normalized spacial score (nSPS) is 9.88. The van der Waals surface area contributed by atoms with E-state index in [0.717, 1.165) is 18.8 Å². The van der Waals surface area contributed by atoms with Crippen molar-refractivity contribution in [1.82, 2.24) is 19.5 Å². The molecule has 0 aliphatic rings. The monoisotopic (exact) mass is 228 g/mol. The predicted octanol–water partition coefficient (Wildman–Crippen LogP) is 0.736. The first kappa shape index (κ1) is 11.1. The lowest BCUT2D eigenvalue weighted by Crippen LogP contribution is -2.09. The van der Waals surface area contributed by atoms with Crippen molar-refractivity contribution < 1.29 is 0 Å². The van der Waals surface area contributed by atoms with Crippen molar-refractivity contribution in [3.05, 3.63) is 36.3 Å². The molecule has 1 N–H and O–H groups in total. The van der Waals surface area contributed by atoms with Gasteiger partial charge in [0.2, 0.25) is 0 Å². The van der Waals surface area contributed by atoms with Gasteiger partial charge in [-0.1, -0.05) is 0 Å². The second kappa shape index (κ2) is 5.07. The fourth-order valence-corrected chi connectivity index (χ4v) is 1.42. The van der Waals surface area contributed by atoms with Gasteiger partial charge in [-0.25, -0.2) is 15.0 Å². The summed E-state index contributed by atoms with van der Waals surface area (Å²) in [4.78, 5) is 12.2. The number of aromatic nitrogens is 4. The van der Waals surface area contributed by atoms with Gasteiger partial charge in [-0.2, -0.15) is 5.26 Å². The molecular weight excluding hydrogens is 216 g/mol. The molecule has 2 aromatic heterocycles. The number of hydrogen-bond acceptors (Lipinski definition) is 5. The number of rotatable bonds is 4. The lowest BCUT2D eigenvalue weighted by molar-refractivity contribution is 0.788. The van der Waals surface area contributed by atoms with Gasteiger partial charge in [0, 0.05) is 32.4 Å². The van der Waals surface area contributed by atoms with Crippen molar-refractivity contribution in [2.45, 2.75) is 6.42 Å². The molecule has 17 heavy (non-hydrogen) atoms. The number of anilines is 1. The summed E-state index contributed by atoms with van der Waals surface area (Å²) < 4.78 is 1.98. The summed E-state index contributed by atoms with van der Waals surface area (Å²) in [5.74, 6) is 1.68. The molecular formula is C11H12N6. The summed E-state index contributed by atoms with van der Waals surface area (Å²) in [5, 5.41) is 11.7. The summed E-state index contributed by atoms with van der Waals surface area (Å²) >= 11 is 0. The zero-order valence-electron chi connectivity index (χ0n) is 9.46. The van der Waals surface area contributed by atoms with Gasteiger partial charge in [0.05, 0.1) is 12.4 Å². The predicted molar refractivity (Wildman–Crippen MR) is 62.1 cm³/mol. The number of nitriles is 1.